The standard InChI is InChI=1S/C19H21NO3/c1-23-19(22)17-8-4-5-11-20(17)18(21)13-14-9-10-15-6-2-3-7-16(15)12-14/h2-3,6-7,9-10,12,17H,4-5,8,11,13H2,1H3. The van der Waals surface area contributed by atoms with Crippen LogP contribution >= 0.6 is 0 Å². The summed E-state index contributed by atoms with van der Waals surface area (Å²) in [6.07, 6.45) is 2.91. The van der Waals surface area contributed by atoms with Crippen LogP contribution in [0.1, 0.15) is 24.8 Å². The summed E-state index contributed by atoms with van der Waals surface area (Å²) in [4.78, 5) is 26.2. The lowest BCUT2D eigenvalue weighted by molar-refractivity contribution is -0.154. The van der Waals surface area contributed by atoms with E-state index in [1.54, 1.807) is 4.90 Å². The smallest absolute Gasteiger partial charge is 0.328 e. The molecule has 1 aliphatic rings. The highest BCUT2D eigenvalue weighted by Gasteiger charge is 2.32. The number of benzene rings is 2. The highest BCUT2D eigenvalue weighted by Crippen LogP contribution is 2.21. The fraction of sp³-hybridized carbons (Fsp3) is 0.368. The first-order valence-electron chi connectivity index (χ1n) is 8.04. The van der Waals surface area contributed by atoms with Gasteiger partial charge in [0.25, 0.3) is 0 Å². The van der Waals surface area contributed by atoms with E-state index in [1.165, 1.54) is 7.11 Å². The number of carbonyl (C=O) groups is 2. The van der Waals surface area contributed by atoms with Gasteiger partial charge in [-0.15, -0.1) is 0 Å². The predicted octanol–water partition coefficient (Wildman–Crippen LogP) is 2.94. The van der Waals surface area contributed by atoms with E-state index in [4.69, 9.17) is 4.74 Å². The number of likely N-dealkylation sites (tertiary alicyclic amines) is 1. The van der Waals surface area contributed by atoms with Gasteiger partial charge in [-0.25, -0.2) is 4.79 Å². The Balaban J connectivity index is 1.77. The fourth-order valence-electron chi connectivity index (χ4n) is 3.24. The molecule has 1 atom stereocenters. The van der Waals surface area contributed by atoms with Crippen molar-refractivity contribution in [3.63, 3.8) is 0 Å². The van der Waals surface area contributed by atoms with Crippen molar-refractivity contribution in [1.29, 1.82) is 0 Å². The third kappa shape index (κ3) is 3.36. The molecule has 120 valence electrons. The lowest BCUT2D eigenvalue weighted by Gasteiger charge is -2.33. The quantitative estimate of drug-likeness (QED) is 0.819. The van der Waals surface area contributed by atoms with E-state index < -0.39 is 6.04 Å². The molecule has 3 rings (SSSR count). The second-order valence-corrected chi connectivity index (χ2v) is 5.98. The van der Waals surface area contributed by atoms with E-state index >= 15 is 0 Å². The molecule has 1 saturated heterocycles. The molecule has 0 bridgehead atoms. The minimum Gasteiger partial charge on any atom is -0.467 e. The average molecular weight is 311 g/mol. The van der Waals surface area contributed by atoms with Crippen LogP contribution in [0.25, 0.3) is 10.8 Å². The Hall–Kier alpha value is -2.36. The molecule has 0 aromatic heterocycles. The molecule has 1 unspecified atom stereocenters. The summed E-state index contributed by atoms with van der Waals surface area (Å²) in [5.74, 6) is -0.313. The molecule has 1 heterocycles. The Bertz CT molecular complexity index is 725. The summed E-state index contributed by atoms with van der Waals surface area (Å²) in [5, 5.41) is 2.29. The number of hydrogen-bond acceptors (Lipinski definition) is 3. The van der Waals surface area contributed by atoms with Crippen LogP contribution in [0.4, 0.5) is 0 Å². The molecule has 23 heavy (non-hydrogen) atoms. The number of methoxy groups -OCH3 is 1. The van der Waals surface area contributed by atoms with Gasteiger partial charge in [-0.05, 0) is 35.6 Å². The van der Waals surface area contributed by atoms with E-state index in [0.717, 1.165) is 29.2 Å². The first-order chi connectivity index (χ1) is 11.2. The molecule has 1 amide bonds. The van der Waals surface area contributed by atoms with Crippen molar-refractivity contribution < 1.29 is 14.3 Å². The lowest BCUT2D eigenvalue weighted by atomic mass is 10.00. The summed E-state index contributed by atoms with van der Waals surface area (Å²) >= 11 is 0. The summed E-state index contributed by atoms with van der Waals surface area (Å²) in [6, 6.07) is 13.7. The molecule has 2 aromatic carbocycles. The zero-order valence-electron chi connectivity index (χ0n) is 13.3. The average Bonchev–Trinajstić information content (AvgIpc) is 2.61. The predicted molar refractivity (Wildman–Crippen MR) is 89.0 cm³/mol. The number of nitrogens with zero attached hydrogens (tertiary/aromatic N) is 1. The molecule has 0 saturated carbocycles. The molecule has 4 heteroatoms. The fourth-order valence-corrected chi connectivity index (χ4v) is 3.24. The van der Waals surface area contributed by atoms with Crippen molar-refractivity contribution in [1.82, 2.24) is 4.90 Å². The van der Waals surface area contributed by atoms with Gasteiger partial charge in [-0.1, -0.05) is 42.5 Å². The van der Waals surface area contributed by atoms with Crippen molar-refractivity contribution in [2.75, 3.05) is 13.7 Å². The first-order valence-corrected chi connectivity index (χ1v) is 8.04. The Labute approximate surface area is 136 Å². The monoisotopic (exact) mass is 311 g/mol. The molecule has 1 fully saturated rings. The number of ether oxygens (including phenoxy) is 1. The zero-order chi connectivity index (χ0) is 16.2. The minimum absolute atomic E-state index is 0.00428. The highest BCUT2D eigenvalue weighted by molar-refractivity contribution is 5.88. The Kier molecular flexibility index (Phi) is 4.60. The molecule has 0 radical (unpaired) electrons. The van der Waals surface area contributed by atoms with E-state index in [-0.39, 0.29) is 11.9 Å². The molecular formula is C19H21NO3. The molecule has 2 aromatic rings. The highest BCUT2D eigenvalue weighted by atomic mass is 16.5. The van der Waals surface area contributed by atoms with Gasteiger partial charge in [0, 0.05) is 6.54 Å². The summed E-state index contributed by atoms with van der Waals surface area (Å²) in [5.41, 5.74) is 0.975. The second-order valence-electron chi connectivity index (χ2n) is 5.98. The SMILES string of the molecule is COC(=O)C1CCCCN1C(=O)Cc1ccc2ccccc2c1. The molecule has 0 spiro atoms. The number of amides is 1. The van der Waals surface area contributed by atoms with Crippen molar-refractivity contribution >= 4 is 22.6 Å². The number of rotatable bonds is 3. The zero-order valence-corrected chi connectivity index (χ0v) is 13.3. The van der Waals surface area contributed by atoms with Gasteiger partial charge in [-0.2, -0.15) is 0 Å². The van der Waals surface area contributed by atoms with Crippen LogP contribution < -0.4 is 0 Å². The maximum atomic E-state index is 12.7. The van der Waals surface area contributed by atoms with Crippen molar-refractivity contribution in [3.05, 3.63) is 48.0 Å². The van der Waals surface area contributed by atoms with Gasteiger partial charge >= 0.3 is 5.97 Å². The molecule has 0 aliphatic carbocycles. The van der Waals surface area contributed by atoms with E-state index in [2.05, 4.69) is 6.07 Å². The summed E-state index contributed by atoms with van der Waals surface area (Å²) < 4.78 is 4.85. The van der Waals surface area contributed by atoms with Crippen molar-refractivity contribution in [2.24, 2.45) is 0 Å². The number of hydrogen-bond donors (Lipinski definition) is 0. The Morgan fingerprint density at radius 2 is 1.91 bits per heavy atom. The van der Waals surface area contributed by atoms with Gasteiger partial charge in [-0.3, -0.25) is 4.79 Å². The third-order valence-electron chi connectivity index (χ3n) is 4.47. The largest absolute Gasteiger partial charge is 0.467 e. The number of carbonyl (C=O) groups excluding carboxylic acids is 2. The summed E-state index contributed by atoms with van der Waals surface area (Å²) in [6.45, 7) is 0.631. The maximum absolute atomic E-state index is 12.7. The van der Waals surface area contributed by atoms with Crippen molar-refractivity contribution in [3.8, 4) is 0 Å². The normalized spacial score (nSPS) is 18.0. The molecule has 1 aliphatic heterocycles. The number of esters is 1. The maximum Gasteiger partial charge on any atom is 0.328 e. The van der Waals surface area contributed by atoms with E-state index in [9.17, 15) is 9.59 Å². The summed E-state index contributed by atoms with van der Waals surface area (Å²) in [7, 11) is 1.38. The van der Waals surface area contributed by atoms with E-state index in [1.807, 2.05) is 36.4 Å². The van der Waals surface area contributed by atoms with Crippen LogP contribution in [-0.2, 0) is 20.7 Å². The van der Waals surface area contributed by atoms with Gasteiger partial charge < -0.3 is 9.64 Å². The van der Waals surface area contributed by atoms with Gasteiger partial charge in [0.05, 0.1) is 13.5 Å². The molecular weight excluding hydrogens is 290 g/mol. The topological polar surface area (TPSA) is 46.6 Å². The van der Waals surface area contributed by atoms with Gasteiger partial charge in [0.15, 0.2) is 0 Å². The van der Waals surface area contributed by atoms with Crippen LogP contribution in [0, 0.1) is 0 Å². The number of piperidine rings is 1. The van der Waals surface area contributed by atoms with Crippen LogP contribution in [0.5, 0.6) is 0 Å². The van der Waals surface area contributed by atoms with Crippen LogP contribution in [0.2, 0.25) is 0 Å². The van der Waals surface area contributed by atoms with E-state index in [0.29, 0.717) is 19.4 Å². The van der Waals surface area contributed by atoms with Gasteiger partial charge in [0.2, 0.25) is 5.91 Å². The first kappa shape index (κ1) is 15.5. The van der Waals surface area contributed by atoms with Crippen LogP contribution in [-0.4, -0.2) is 36.5 Å². The molecule has 0 N–H and O–H groups in total. The Morgan fingerprint density at radius 1 is 1.13 bits per heavy atom. The van der Waals surface area contributed by atoms with Crippen molar-refractivity contribution in [2.45, 2.75) is 31.7 Å². The van der Waals surface area contributed by atoms with Crippen LogP contribution in [0.3, 0.4) is 0 Å². The van der Waals surface area contributed by atoms with Gasteiger partial charge in [0.1, 0.15) is 6.04 Å². The van der Waals surface area contributed by atoms with Crippen LogP contribution in [0.15, 0.2) is 42.5 Å². The Morgan fingerprint density at radius 3 is 2.70 bits per heavy atom. The lowest BCUT2D eigenvalue weighted by Crippen LogP contribution is -2.49. The second kappa shape index (κ2) is 6.82. The molecule has 4 nitrogen and oxygen atoms in total. The third-order valence-corrected chi connectivity index (χ3v) is 4.47. The number of fused-ring (bicyclic) bond motifs is 1. The minimum atomic E-state index is -0.429.